The molecular formula is C15H14N4O2S. The Bertz CT molecular complexity index is 712. The highest BCUT2D eigenvalue weighted by atomic mass is 32.2. The summed E-state index contributed by atoms with van der Waals surface area (Å²) >= 11 is 1.39. The van der Waals surface area contributed by atoms with E-state index in [1.165, 1.54) is 18.0 Å². The van der Waals surface area contributed by atoms with Crippen LogP contribution in [0.4, 0.5) is 5.69 Å². The van der Waals surface area contributed by atoms with Gasteiger partial charge in [-0.3, -0.25) is 9.59 Å². The normalized spacial score (nSPS) is 17.1. The minimum atomic E-state index is -0.449. The van der Waals surface area contributed by atoms with Crippen LogP contribution in [0, 0.1) is 0 Å². The fourth-order valence-corrected chi connectivity index (χ4v) is 3.15. The number of carbonyl (C=O) groups excluding carboxylic acids is 2. The minimum absolute atomic E-state index is 0.0763. The Hall–Kier alpha value is -2.54. The summed E-state index contributed by atoms with van der Waals surface area (Å²) < 4.78 is 0. The quantitative estimate of drug-likeness (QED) is 0.595. The zero-order valence-corrected chi connectivity index (χ0v) is 12.4. The van der Waals surface area contributed by atoms with Gasteiger partial charge in [0.1, 0.15) is 0 Å². The van der Waals surface area contributed by atoms with E-state index in [0.29, 0.717) is 0 Å². The van der Waals surface area contributed by atoms with Gasteiger partial charge in [-0.15, -0.1) is 11.8 Å². The first-order chi connectivity index (χ1) is 10.7. The summed E-state index contributed by atoms with van der Waals surface area (Å²) in [5, 5.41) is 6.21. The van der Waals surface area contributed by atoms with E-state index in [0.717, 1.165) is 16.3 Å². The van der Waals surface area contributed by atoms with Crippen molar-refractivity contribution in [2.24, 2.45) is 5.10 Å². The van der Waals surface area contributed by atoms with Crippen molar-refractivity contribution in [3.63, 3.8) is 0 Å². The lowest BCUT2D eigenvalue weighted by Gasteiger charge is -2.23. The van der Waals surface area contributed by atoms with E-state index in [1.807, 2.05) is 36.4 Å². The number of carbonyl (C=O) groups is 2. The van der Waals surface area contributed by atoms with Crippen LogP contribution in [-0.2, 0) is 9.59 Å². The topological polar surface area (TPSA) is 86.3 Å². The summed E-state index contributed by atoms with van der Waals surface area (Å²) in [6.07, 6.45) is 3.36. The summed E-state index contributed by atoms with van der Waals surface area (Å²) in [4.78, 5) is 27.8. The molecule has 7 heteroatoms. The van der Waals surface area contributed by atoms with Gasteiger partial charge in [0.2, 0.25) is 11.8 Å². The first-order valence-electron chi connectivity index (χ1n) is 6.74. The van der Waals surface area contributed by atoms with E-state index in [9.17, 15) is 9.59 Å². The van der Waals surface area contributed by atoms with E-state index in [2.05, 4.69) is 20.8 Å². The lowest BCUT2D eigenvalue weighted by atomic mass is 10.2. The molecule has 1 atom stereocenters. The predicted octanol–water partition coefficient (Wildman–Crippen LogP) is 1.97. The largest absolute Gasteiger partial charge is 0.360 e. The van der Waals surface area contributed by atoms with Gasteiger partial charge in [-0.05, 0) is 24.3 Å². The van der Waals surface area contributed by atoms with Crippen molar-refractivity contribution in [1.82, 2.24) is 10.4 Å². The highest BCUT2D eigenvalue weighted by molar-refractivity contribution is 8.01. The molecule has 0 saturated carbocycles. The smallest absolute Gasteiger partial charge is 0.241 e. The summed E-state index contributed by atoms with van der Waals surface area (Å²) in [5.74, 6) is -0.456. The molecule has 2 heterocycles. The van der Waals surface area contributed by atoms with Crippen LogP contribution >= 0.6 is 11.8 Å². The highest BCUT2D eigenvalue weighted by Crippen LogP contribution is 2.36. The minimum Gasteiger partial charge on any atom is -0.360 e. The molecule has 1 aliphatic heterocycles. The van der Waals surface area contributed by atoms with Crippen molar-refractivity contribution in [1.29, 1.82) is 0 Å². The monoisotopic (exact) mass is 314 g/mol. The number of anilines is 1. The fourth-order valence-electron chi connectivity index (χ4n) is 2.04. The molecule has 0 fully saturated rings. The first kappa shape index (κ1) is 14.4. The van der Waals surface area contributed by atoms with Gasteiger partial charge >= 0.3 is 0 Å². The number of benzene rings is 1. The van der Waals surface area contributed by atoms with Crippen molar-refractivity contribution < 1.29 is 9.59 Å². The summed E-state index contributed by atoms with van der Waals surface area (Å²) in [5.41, 5.74) is 4.01. The third-order valence-corrected chi connectivity index (χ3v) is 4.37. The standard InChI is InChI=1S/C15H14N4O2S/c20-14(19-17-9-10-4-3-7-16-10)8-13-15(21)18-11-5-1-2-6-12(11)22-13/h1-7,9,13,16H,8H2,(H,18,21)(H,19,20)/b17-9+/t13-/m0/s1. The Morgan fingerprint density at radius 2 is 2.18 bits per heavy atom. The number of hydrogen-bond acceptors (Lipinski definition) is 4. The Balaban J connectivity index is 1.57. The van der Waals surface area contributed by atoms with Gasteiger partial charge in [0, 0.05) is 17.5 Å². The van der Waals surface area contributed by atoms with Crippen molar-refractivity contribution in [3.05, 3.63) is 48.3 Å². The van der Waals surface area contributed by atoms with Crippen molar-refractivity contribution in [2.75, 3.05) is 5.32 Å². The number of nitrogens with one attached hydrogen (secondary N) is 3. The number of H-pyrrole nitrogens is 1. The molecule has 3 rings (SSSR count). The van der Waals surface area contributed by atoms with E-state index in [4.69, 9.17) is 0 Å². The molecule has 0 spiro atoms. The fraction of sp³-hybridized carbons (Fsp3) is 0.133. The van der Waals surface area contributed by atoms with E-state index < -0.39 is 5.25 Å². The van der Waals surface area contributed by atoms with Crippen molar-refractivity contribution >= 4 is 35.5 Å². The van der Waals surface area contributed by atoms with Gasteiger partial charge in [0.15, 0.2) is 0 Å². The van der Waals surface area contributed by atoms with E-state index >= 15 is 0 Å². The zero-order valence-electron chi connectivity index (χ0n) is 11.6. The highest BCUT2D eigenvalue weighted by Gasteiger charge is 2.28. The first-order valence-corrected chi connectivity index (χ1v) is 7.62. The molecule has 0 aliphatic carbocycles. The van der Waals surface area contributed by atoms with Crippen molar-refractivity contribution in [2.45, 2.75) is 16.6 Å². The Labute approximate surface area is 131 Å². The van der Waals surface area contributed by atoms with Crippen molar-refractivity contribution in [3.8, 4) is 0 Å². The van der Waals surface area contributed by atoms with Gasteiger partial charge in [0.25, 0.3) is 0 Å². The van der Waals surface area contributed by atoms with Crippen LogP contribution in [0.15, 0.2) is 52.6 Å². The maximum absolute atomic E-state index is 12.0. The number of nitrogens with zero attached hydrogens (tertiary/aromatic N) is 1. The molecule has 0 radical (unpaired) electrons. The molecule has 112 valence electrons. The van der Waals surface area contributed by atoms with Gasteiger partial charge in [-0.25, -0.2) is 5.43 Å². The maximum atomic E-state index is 12.0. The van der Waals surface area contributed by atoms with Crippen LogP contribution in [0.2, 0.25) is 0 Å². The molecule has 6 nitrogen and oxygen atoms in total. The van der Waals surface area contributed by atoms with Crippen LogP contribution in [0.25, 0.3) is 0 Å². The Morgan fingerprint density at radius 1 is 1.32 bits per heavy atom. The van der Waals surface area contributed by atoms with Crippen LogP contribution in [0.3, 0.4) is 0 Å². The van der Waals surface area contributed by atoms with Crippen LogP contribution in [0.5, 0.6) is 0 Å². The number of fused-ring (bicyclic) bond motifs is 1. The molecule has 3 N–H and O–H groups in total. The van der Waals surface area contributed by atoms with Gasteiger partial charge in [-0.2, -0.15) is 5.10 Å². The molecule has 0 saturated heterocycles. The number of rotatable bonds is 4. The van der Waals surface area contributed by atoms with Gasteiger partial charge < -0.3 is 10.3 Å². The molecule has 0 unspecified atom stereocenters. The number of amides is 2. The maximum Gasteiger partial charge on any atom is 0.241 e. The van der Waals surface area contributed by atoms with Crippen LogP contribution in [0.1, 0.15) is 12.1 Å². The Morgan fingerprint density at radius 3 is 3.00 bits per heavy atom. The number of para-hydroxylation sites is 1. The van der Waals surface area contributed by atoms with E-state index in [-0.39, 0.29) is 18.2 Å². The Kier molecular flexibility index (Phi) is 4.24. The molecular weight excluding hydrogens is 300 g/mol. The predicted molar refractivity (Wildman–Crippen MR) is 85.9 cm³/mol. The number of hydrogen-bond donors (Lipinski definition) is 3. The zero-order chi connectivity index (χ0) is 15.4. The lowest BCUT2D eigenvalue weighted by Crippen LogP contribution is -2.33. The number of thioether (sulfide) groups is 1. The molecule has 1 aromatic carbocycles. The number of aromatic nitrogens is 1. The number of hydrazone groups is 1. The molecule has 22 heavy (non-hydrogen) atoms. The molecule has 2 amide bonds. The van der Waals surface area contributed by atoms with Gasteiger partial charge in [-0.1, -0.05) is 12.1 Å². The second-order valence-electron chi connectivity index (χ2n) is 4.71. The van der Waals surface area contributed by atoms with Crippen LogP contribution < -0.4 is 10.7 Å². The SMILES string of the molecule is O=C(C[C@@H]1Sc2ccccc2NC1=O)N/N=C/c1ccc[nH]1. The second kappa shape index (κ2) is 6.48. The third kappa shape index (κ3) is 3.37. The average molecular weight is 314 g/mol. The third-order valence-electron chi connectivity index (χ3n) is 3.09. The summed E-state index contributed by atoms with van der Waals surface area (Å²) in [6, 6.07) is 11.2. The average Bonchev–Trinajstić information content (AvgIpc) is 3.01. The lowest BCUT2D eigenvalue weighted by molar-refractivity contribution is -0.124. The number of aromatic amines is 1. The molecule has 1 aromatic heterocycles. The van der Waals surface area contributed by atoms with Gasteiger partial charge in [0.05, 0.1) is 22.8 Å². The van der Waals surface area contributed by atoms with E-state index in [1.54, 1.807) is 6.20 Å². The molecule has 1 aliphatic rings. The second-order valence-corrected chi connectivity index (χ2v) is 5.96. The summed E-state index contributed by atoms with van der Waals surface area (Å²) in [7, 11) is 0. The molecule has 0 bridgehead atoms. The van der Waals surface area contributed by atoms with Crippen LogP contribution in [-0.4, -0.2) is 28.3 Å². The summed E-state index contributed by atoms with van der Waals surface area (Å²) in [6.45, 7) is 0. The molecule has 2 aromatic rings.